The van der Waals surface area contributed by atoms with E-state index in [9.17, 15) is 14.4 Å². The Hall–Kier alpha value is -1.63. The maximum Gasteiger partial charge on any atom is 0.308 e. The van der Waals surface area contributed by atoms with Crippen LogP contribution >= 0.6 is 0 Å². The van der Waals surface area contributed by atoms with Crippen LogP contribution in [0.4, 0.5) is 0 Å². The van der Waals surface area contributed by atoms with E-state index in [0.29, 0.717) is 19.6 Å². The van der Waals surface area contributed by atoms with Crippen LogP contribution in [0.1, 0.15) is 214 Å². The van der Waals surface area contributed by atoms with Gasteiger partial charge in [0.15, 0.2) is 0 Å². The molecule has 0 N–H and O–H groups in total. The van der Waals surface area contributed by atoms with Crippen LogP contribution in [-0.2, 0) is 28.6 Å². The van der Waals surface area contributed by atoms with Gasteiger partial charge in [-0.05, 0) is 103 Å². The Morgan fingerprint density at radius 2 is 0.902 bits per heavy atom. The zero-order valence-electron chi connectivity index (χ0n) is 34.2. The first-order valence-electron chi connectivity index (χ1n) is 22.2. The van der Waals surface area contributed by atoms with Gasteiger partial charge in [-0.2, -0.15) is 0 Å². The summed E-state index contributed by atoms with van der Waals surface area (Å²) in [5.41, 5.74) is 0. The second-order valence-electron chi connectivity index (χ2n) is 15.5. The number of likely N-dealkylation sites (tertiary alicyclic amines) is 1. The monoisotopic (exact) mass is 722 g/mol. The van der Waals surface area contributed by atoms with E-state index in [2.05, 4.69) is 32.6 Å². The van der Waals surface area contributed by atoms with Gasteiger partial charge in [-0.25, -0.2) is 0 Å². The molecule has 1 aliphatic heterocycles. The summed E-state index contributed by atoms with van der Waals surface area (Å²) in [4.78, 5) is 40.7. The zero-order chi connectivity index (χ0) is 37.2. The molecule has 0 aromatic rings. The van der Waals surface area contributed by atoms with Gasteiger partial charge in [0.25, 0.3) is 0 Å². The Bertz CT molecular complexity index is 764. The van der Waals surface area contributed by atoms with E-state index >= 15 is 0 Å². The molecule has 1 saturated heterocycles. The van der Waals surface area contributed by atoms with Crippen LogP contribution in [-0.4, -0.2) is 61.8 Å². The third kappa shape index (κ3) is 26.7. The van der Waals surface area contributed by atoms with Crippen LogP contribution in [0.15, 0.2) is 0 Å². The molecule has 0 aromatic carbocycles. The highest BCUT2D eigenvalue weighted by atomic mass is 16.5. The van der Waals surface area contributed by atoms with Gasteiger partial charge in [0.2, 0.25) is 0 Å². The first-order valence-corrected chi connectivity index (χ1v) is 22.2. The van der Waals surface area contributed by atoms with Crippen molar-refractivity contribution in [1.29, 1.82) is 0 Å². The molecule has 1 aliphatic rings. The second kappa shape index (κ2) is 34.2. The molecule has 7 heteroatoms. The van der Waals surface area contributed by atoms with Crippen LogP contribution in [0.25, 0.3) is 0 Å². The van der Waals surface area contributed by atoms with Gasteiger partial charge in [-0.15, -0.1) is 0 Å². The van der Waals surface area contributed by atoms with Gasteiger partial charge in [-0.3, -0.25) is 14.4 Å². The van der Waals surface area contributed by atoms with Crippen LogP contribution in [0.2, 0.25) is 0 Å². The van der Waals surface area contributed by atoms with E-state index in [-0.39, 0.29) is 35.8 Å². The van der Waals surface area contributed by atoms with Gasteiger partial charge in [0, 0.05) is 6.42 Å². The summed E-state index contributed by atoms with van der Waals surface area (Å²) < 4.78 is 17.5. The highest BCUT2D eigenvalue weighted by Crippen LogP contribution is 2.21. The molecule has 0 amide bonds. The molecule has 0 saturated carbocycles. The molecule has 0 unspecified atom stereocenters. The number of hydrogen-bond acceptors (Lipinski definition) is 7. The lowest BCUT2D eigenvalue weighted by atomic mass is 9.96. The Morgan fingerprint density at radius 1 is 0.490 bits per heavy atom. The molecule has 1 heterocycles. The van der Waals surface area contributed by atoms with Gasteiger partial charge >= 0.3 is 17.9 Å². The molecule has 0 aliphatic carbocycles. The van der Waals surface area contributed by atoms with Crippen LogP contribution in [0, 0.1) is 11.8 Å². The minimum atomic E-state index is -0.0488. The summed E-state index contributed by atoms with van der Waals surface area (Å²) >= 11 is 0. The minimum Gasteiger partial charge on any atom is -0.465 e. The zero-order valence-corrected chi connectivity index (χ0v) is 34.2. The predicted octanol–water partition coefficient (Wildman–Crippen LogP) is 11.9. The van der Waals surface area contributed by atoms with E-state index in [0.717, 1.165) is 167 Å². The molecule has 300 valence electrons. The molecule has 1 fully saturated rings. The smallest absolute Gasteiger partial charge is 0.308 e. The number of carbonyl (C=O) groups excluding carboxylic acids is 3. The average molecular weight is 722 g/mol. The molecule has 0 radical (unpaired) electrons. The molecule has 0 atom stereocenters. The highest BCUT2D eigenvalue weighted by molar-refractivity contribution is 5.72. The van der Waals surface area contributed by atoms with E-state index < -0.39 is 0 Å². The van der Waals surface area contributed by atoms with E-state index in [1.807, 2.05) is 0 Å². The summed E-state index contributed by atoms with van der Waals surface area (Å²) in [6.07, 6.45) is 30.2. The third-order valence-electron chi connectivity index (χ3n) is 10.7. The lowest BCUT2D eigenvalue weighted by Gasteiger charge is -2.24. The summed E-state index contributed by atoms with van der Waals surface area (Å²) in [5, 5.41) is 0. The van der Waals surface area contributed by atoms with Crippen LogP contribution in [0.5, 0.6) is 0 Å². The van der Waals surface area contributed by atoms with Crippen molar-refractivity contribution in [3.8, 4) is 0 Å². The SMILES string of the molecule is CCCCC(CCCC)C(=O)OCCCCCCC(CCCCCCOC(=O)C(CCCC)CCCC)OC(=O)CCCN1CCCCCCC1. The van der Waals surface area contributed by atoms with Crippen LogP contribution in [0.3, 0.4) is 0 Å². The first-order chi connectivity index (χ1) is 24.9. The molecule has 51 heavy (non-hydrogen) atoms. The van der Waals surface area contributed by atoms with Gasteiger partial charge < -0.3 is 19.1 Å². The number of rotatable bonds is 33. The molecule has 7 nitrogen and oxygen atoms in total. The summed E-state index contributed by atoms with van der Waals surface area (Å²) in [5.74, 6) is 0.0609. The average Bonchev–Trinajstić information content (AvgIpc) is 3.11. The topological polar surface area (TPSA) is 82.1 Å². The largest absolute Gasteiger partial charge is 0.465 e. The van der Waals surface area contributed by atoms with E-state index in [1.165, 1.54) is 32.1 Å². The Morgan fingerprint density at radius 3 is 1.33 bits per heavy atom. The maximum atomic E-state index is 12.9. The van der Waals surface area contributed by atoms with Crippen molar-refractivity contribution in [3.05, 3.63) is 0 Å². The lowest BCUT2D eigenvalue weighted by Crippen LogP contribution is -2.29. The fourth-order valence-electron chi connectivity index (χ4n) is 7.29. The molecule has 0 bridgehead atoms. The Labute approximate surface area is 315 Å². The number of ether oxygens (including phenoxy) is 3. The Kier molecular flexibility index (Phi) is 31.7. The third-order valence-corrected chi connectivity index (χ3v) is 10.7. The molecular formula is C44H83NO6. The van der Waals surface area contributed by atoms with Gasteiger partial charge in [0.1, 0.15) is 6.10 Å². The van der Waals surface area contributed by atoms with Crippen molar-refractivity contribution >= 4 is 17.9 Å². The van der Waals surface area contributed by atoms with Crippen molar-refractivity contribution in [3.63, 3.8) is 0 Å². The predicted molar refractivity (Wildman–Crippen MR) is 212 cm³/mol. The van der Waals surface area contributed by atoms with Crippen molar-refractivity contribution < 1.29 is 28.6 Å². The van der Waals surface area contributed by atoms with Crippen molar-refractivity contribution in [2.75, 3.05) is 32.8 Å². The lowest BCUT2D eigenvalue weighted by molar-refractivity contribution is -0.150. The van der Waals surface area contributed by atoms with Crippen molar-refractivity contribution in [2.24, 2.45) is 11.8 Å². The fraction of sp³-hybridized carbons (Fsp3) is 0.932. The number of esters is 3. The molecule has 0 aromatic heterocycles. The van der Waals surface area contributed by atoms with Gasteiger partial charge in [-0.1, -0.05) is 124 Å². The number of nitrogens with zero attached hydrogens (tertiary/aromatic N) is 1. The number of hydrogen-bond donors (Lipinski definition) is 0. The minimum absolute atomic E-state index is 0.00322. The molecule has 1 rings (SSSR count). The second-order valence-corrected chi connectivity index (χ2v) is 15.5. The van der Waals surface area contributed by atoms with Crippen LogP contribution < -0.4 is 0 Å². The molecule has 0 spiro atoms. The van der Waals surface area contributed by atoms with E-state index in [1.54, 1.807) is 0 Å². The van der Waals surface area contributed by atoms with Crippen molar-refractivity contribution in [1.82, 2.24) is 4.90 Å². The number of carbonyl (C=O) groups is 3. The van der Waals surface area contributed by atoms with E-state index in [4.69, 9.17) is 14.2 Å². The van der Waals surface area contributed by atoms with Gasteiger partial charge in [0.05, 0.1) is 25.0 Å². The Balaban J connectivity index is 2.44. The summed E-state index contributed by atoms with van der Waals surface area (Å²) in [6.45, 7) is 13.0. The standard InChI is InChI=1S/C44H83NO6/c1-5-9-27-39(28-10-6-2)43(47)49-37-24-18-14-20-31-41(51-42(46)33-26-36-45-34-22-16-13-17-23-35-45)32-21-15-19-25-38-50-44(48)40(29-11-7-3)30-12-8-4/h39-41H,5-38H2,1-4H3. The first kappa shape index (κ1) is 47.4. The summed E-state index contributed by atoms with van der Waals surface area (Å²) in [6, 6.07) is 0. The highest BCUT2D eigenvalue weighted by Gasteiger charge is 2.20. The van der Waals surface area contributed by atoms with Crippen molar-refractivity contribution in [2.45, 2.75) is 220 Å². The normalized spacial score (nSPS) is 14.2. The molecular weight excluding hydrogens is 638 g/mol. The fourth-order valence-corrected chi connectivity index (χ4v) is 7.29. The maximum absolute atomic E-state index is 12.9. The summed E-state index contributed by atoms with van der Waals surface area (Å²) in [7, 11) is 0. The number of unbranched alkanes of at least 4 members (excludes halogenated alkanes) is 10. The quantitative estimate of drug-likeness (QED) is 0.0379.